The van der Waals surface area contributed by atoms with Crippen LogP contribution in [0.1, 0.15) is 32.3 Å². The molecule has 1 aromatic carbocycles. The summed E-state index contributed by atoms with van der Waals surface area (Å²) < 4.78 is 26.9. The van der Waals surface area contributed by atoms with Crippen LogP contribution < -0.4 is 10.5 Å². The predicted molar refractivity (Wildman–Crippen MR) is 80.5 cm³/mol. The normalized spacial score (nSPS) is 12.4. The smallest absolute Gasteiger partial charge is 0.272 e. The largest absolute Gasteiger partial charge is 0.324 e. The minimum absolute atomic E-state index is 0.000145. The molecule has 118 valence electrons. The lowest BCUT2D eigenvalue weighted by atomic mass is 9.95. The fourth-order valence-electron chi connectivity index (χ4n) is 1.82. The van der Waals surface area contributed by atoms with Crippen LogP contribution in [0.25, 0.3) is 0 Å². The van der Waals surface area contributed by atoms with Crippen molar-refractivity contribution in [1.82, 2.24) is 4.72 Å². The van der Waals surface area contributed by atoms with Gasteiger partial charge in [-0.2, -0.15) is 0 Å². The summed E-state index contributed by atoms with van der Waals surface area (Å²) in [6, 6.07) is 3.71. The molecule has 0 radical (unpaired) electrons. The van der Waals surface area contributed by atoms with Crippen LogP contribution in [0, 0.1) is 17.0 Å². The number of nitrogens with two attached hydrogens (primary N) is 1. The fraction of sp³-hybridized carbons (Fsp3) is 0.538. The summed E-state index contributed by atoms with van der Waals surface area (Å²) in [7, 11) is -3.73. The summed E-state index contributed by atoms with van der Waals surface area (Å²) in [6.07, 6.45) is 1.29. The number of hydrogen-bond donors (Lipinski definition) is 2. The van der Waals surface area contributed by atoms with Crippen molar-refractivity contribution in [3.8, 4) is 0 Å². The Kier molecular flexibility index (Phi) is 5.43. The lowest BCUT2D eigenvalue weighted by molar-refractivity contribution is -0.385. The number of nitrogens with one attached hydrogen (secondary N) is 1. The van der Waals surface area contributed by atoms with Gasteiger partial charge in [0.15, 0.2) is 0 Å². The van der Waals surface area contributed by atoms with Crippen LogP contribution in [0.3, 0.4) is 0 Å². The van der Waals surface area contributed by atoms with Crippen LogP contribution in [-0.2, 0) is 10.0 Å². The molecule has 3 N–H and O–H groups in total. The van der Waals surface area contributed by atoms with Crippen molar-refractivity contribution in [2.75, 3.05) is 6.54 Å². The Balaban J connectivity index is 2.99. The van der Waals surface area contributed by atoms with Crippen LogP contribution in [-0.4, -0.2) is 25.4 Å². The standard InChI is InChI=1S/C13H21N3O4S/c1-4-13(14,5-2)9-15-21(19,20)11-6-7-12(16(17)18)10(3)8-11/h6-8,15H,4-5,9,14H2,1-3H3. The van der Waals surface area contributed by atoms with E-state index in [-0.39, 0.29) is 17.1 Å². The molecule has 0 aromatic heterocycles. The van der Waals surface area contributed by atoms with Crippen molar-refractivity contribution in [1.29, 1.82) is 0 Å². The SMILES string of the molecule is CCC(N)(CC)CNS(=O)(=O)c1ccc([N+](=O)[O-])c(C)c1. The number of aryl methyl sites for hydroxylation is 1. The maximum Gasteiger partial charge on any atom is 0.272 e. The molecule has 7 nitrogen and oxygen atoms in total. The molecule has 0 aliphatic carbocycles. The summed E-state index contributed by atoms with van der Waals surface area (Å²) in [5, 5.41) is 10.7. The van der Waals surface area contributed by atoms with Crippen LogP contribution in [0.15, 0.2) is 23.1 Å². The van der Waals surface area contributed by atoms with E-state index >= 15 is 0 Å². The molecule has 0 saturated carbocycles. The van der Waals surface area contributed by atoms with Gasteiger partial charge < -0.3 is 5.73 Å². The Hall–Kier alpha value is -1.51. The maximum atomic E-state index is 12.2. The molecule has 1 aromatic rings. The number of sulfonamides is 1. The minimum atomic E-state index is -3.73. The summed E-state index contributed by atoms with van der Waals surface area (Å²) in [6.45, 7) is 5.42. The Morgan fingerprint density at radius 3 is 2.33 bits per heavy atom. The van der Waals surface area contributed by atoms with E-state index in [1.807, 2.05) is 13.8 Å². The van der Waals surface area contributed by atoms with E-state index in [0.29, 0.717) is 18.4 Å². The van der Waals surface area contributed by atoms with Crippen molar-refractivity contribution in [2.24, 2.45) is 5.73 Å². The number of nitro groups is 1. The monoisotopic (exact) mass is 315 g/mol. The van der Waals surface area contributed by atoms with Gasteiger partial charge in [0.25, 0.3) is 5.69 Å². The number of benzene rings is 1. The third-order valence-electron chi connectivity index (χ3n) is 3.70. The zero-order valence-electron chi connectivity index (χ0n) is 12.4. The van der Waals surface area contributed by atoms with E-state index in [2.05, 4.69) is 4.72 Å². The van der Waals surface area contributed by atoms with Crippen LogP contribution in [0.5, 0.6) is 0 Å². The summed E-state index contributed by atoms with van der Waals surface area (Å²) >= 11 is 0. The highest BCUT2D eigenvalue weighted by Crippen LogP contribution is 2.21. The van der Waals surface area contributed by atoms with E-state index in [4.69, 9.17) is 5.73 Å². The Morgan fingerprint density at radius 2 is 1.90 bits per heavy atom. The molecule has 0 aliphatic heterocycles. The lowest BCUT2D eigenvalue weighted by Crippen LogP contribution is -2.49. The van der Waals surface area contributed by atoms with Gasteiger partial charge in [0.1, 0.15) is 0 Å². The first kappa shape index (κ1) is 17.5. The van der Waals surface area contributed by atoms with Gasteiger partial charge in [0.05, 0.1) is 9.82 Å². The van der Waals surface area contributed by atoms with E-state index in [1.54, 1.807) is 0 Å². The second kappa shape index (κ2) is 6.50. The Labute approximate surface area is 124 Å². The van der Waals surface area contributed by atoms with Crippen molar-refractivity contribution in [3.05, 3.63) is 33.9 Å². The molecule has 21 heavy (non-hydrogen) atoms. The van der Waals surface area contributed by atoms with Crippen LogP contribution >= 0.6 is 0 Å². The van der Waals surface area contributed by atoms with Gasteiger partial charge >= 0.3 is 0 Å². The number of nitro benzene ring substituents is 1. The van der Waals surface area contributed by atoms with Crippen molar-refractivity contribution in [2.45, 2.75) is 44.0 Å². The van der Waals surface area contributed by atoms with Gasteiger partial charge in [-0.1, -0.05) is 13.8 Å². The summed E-state index contributed by atoms with van der Waals surface area (Å²) in [5.74, 6) is 0. The molecular weight excluding hydrogens is 294 g/mol. The van der Waals surface area contributed by atoms with Gasteiger partial charge in [-0.05, 0) is 31.9 Å². The third kappa shape index (κ3) is 4.23. The zero-order chi connectivity index (χ0) is 16.3. The molecule has 0 amide bonds. The third-order valence-corrected chi connectivity index (χ3v) is 5.10. The van der Waals surface area contributed by atoms with Crippen molar-refractivity contribution >= 4 is 15.7 Å². The summed E-state index contributed by atoms with van der Waals surface area (Å²) in [4.78, 5) is 10.2. The van der Waals surface area contributed by atoms with Crippen LogP contribution in [0.4, 0.5) is 5.69 Å². The molecule has 0 aliphatic rings. The topological polar surface area (TPSA) is 115 Å². The second-order valence-corrected chi connectivity index (χ2v) is 6.87. The Bertz CT molecular complexity index is 624. The first-order valence-corrected chi connectivity index (χ1v) is 8.17. The number of rotatable bonds is 7. The predicted octanol–water partition coefficient (Wildman–Crippen LogP) is 1.70. The molecule has 0 fully saturated rings. The van der Waals surface area contributed by atoms with E-state index < -0.39 is 20.5 Å². The molecule has 0 spiro atoms. The maximum absolute atomic E-state index is 12.2. The van der Waals surface area contributed by atoms with Gasteiger partial charge in [-0.3, -0.25) is 10.1 Å². The molecule has 0 atom stereocenters. The average molecular weight is 315 g/mol. The van der Waals surface area contributed by atoms with Crippen LogP contribution in [0.2, 0.25) is 0 Å². The molecule has 0 saturated heterocycles. The van der Waals surface area contributed by atoms with Crippen molar-refractivity contribution in [3.63, 3.8) is 0 Å². The lowest BCUT2D eigenvalue weighted by Gasteiger charge is -2.26. The second-order valence-electron chi connectivity index (χ2n) is 5.10. The molecule has 0 unspecified atom stereocenters. The summed E-state index contributed by atoms with van der Waals surface area (Å²) in [5.41, 5.74) is 5.66. The first-order chi connectivity index (χ1) is 9.65. The van der Waals surface area contributed by atoms with Gasteiger partial charge in [-0.15, -0.1) is 0 Å². The van der Waals surface area contributed by atoms with Gasteiger partial charge in [0, 0.05) is 23.7 Å². The molecule has 1 rings (SSSR count). The quantitative estimate of drug-likeness (QED) is 0.587. The van der Waals surface area contributed by atoms with E-state index in [1.165, 1.54) is 25.1 Å². The van der Waals surface area contributed by atoms with Crippen molar-refractivity contribution < 1.29 is 13.3 Å². The Morgan fingerprint density at radius 1 is 1.33 bits per heavy atom. The van der Waals surface area contributed by atoms with Gasteiger partial charge in [-0.25, -0.2) is 13.1 Å². The molecular formula is C13H21N3O4S. The highest BCUT2D eigenvalue weighted by molar-refractivity contribution is 7.89. The van der Waals surface area contributed by atoms with E-state index in [9.17, 15) is 18.5 Å². The number of hydrogen-bond acceptors (Lipinski definition) is 5. The number of nitrogens with zero attached hydrogens (tertiary/aromatic N) is 1. The molecule has 0 heterocycles. The fourth-order valence-corrected chi connectivity index (χ4v) is 3.05. The molecule has 0 bridgehead atoms. The highest BCUT2D eigenvalue weighted by Gasteiger charge is 2.25. The van der Waals surface area contributed by atoms with E-state index in [0.717, 1.165) is 0 Å². The van der Waals surface area contributed by atoms with Gasteiger partial charge in [0.2, 0.25) is 10.0 Å². The average Bonchev–Trinajstić information content (AvgIpc) is 2.44. The molecule has 8 heteroatoms. The highest BCUT2D eigenvalue weighted by atomic mass is 32.2. The first-order valence-electron chi connectivity index (χ1n) is 6.69. The minimum Gasteiger partial charge on any atom is -0.324 e. The zero-order valence-corrected chi connectivity index (χ0v) is 13.2.